The van der Waals surface area contributed by atoms with Crippen molar-refractivity contribution in [1.82, 2.24) is 19.4 Å². The summed E-state index contributed by atoms with van der Waals surface area (Å²) in [5, 5.41) is 0. The summed E-state index contributed by atoms with van der Waals surface area (Å²) in [6, 6.07) is 0.897. The molecular weight excluding hydrogens is 304 g/mol. The SMILES string of the molecule is Cn1ccnc1CN1CC[C@@H]2[C@H]1CCC(=O)N2CC1CCOCC1. The highest BCUT2D eigenvalue weighted by Crippen LogP contribution is 2.33. The minimum atomic E-state index is 0.363. The molecule has 0 aliphatic carbocycles. The summed E-state index contributed by atoms with van der Waals surface area (Å²) in [5.74, 6) is 2.09. The maximum atomic E-state index is 12.5. The zero-order valence-corrected chi connectivity index (χ0v) is 14.6. The average molecular weight is 332 g/mol. The highest BCUT2D eigenvalue weighted by atomic mass is 16.5. The molecule has 2 atom stereocenters. The number of nitrogens with zero attached hydrogens (tertiary/aromatic N) is 4. The Balaban J connectivity index is 1.43. The number of aryl methyl sites for hydroxylation is 1. The Morgan fingerprint density at radius 3 is 2.79 bits per heavy atom. The molecule has 0 radical (unpaired) electrons. The predicted molar refractivity (Wildman–Crippen MR) is 90.3 cm³/mol. The van der Waals surface area contributed by atoms with Gasteiger partial charge in [0.05, 0.1) is 6.54 Å². The van der Waals surface area contributed by atoms with Crippen LogP contribution in [0, 0.1) is 5.92 Å². The Labute approximate surface area is 143 Å². The lowest BCUT2D eigenvalue weighted by Crippen LogP contribution is -2.53. The van der Waals surface area contributed by atoms with Gasteiger partial charge in [-0.15, -0.1) is 0 Å². The molecule has 132 valence electrons. The quantitative estimate of drug-likeness (QED) is 0.837. The van der Waals surface area contributed by atoms with E-state index < -0.39 is 0 Å². The zero-order chi connectivity index (χ0) is 16.5. The number of imidazole rings is 1. The lowest BCUT2D eigenvalue weighted by atomic mass is 9.92. The van der Waals surface area contributed by atoms with Gasteiger partial charge in [-0.2, -0.15) is 0 Å². The van der Waals surface area contributed by atoms with E-state index in [0.29, 0.717) is 30.3 Å². The van der Waals surface area contributed by atoms with Gasteiger partial charge in [-0.3, -0.25) is 9.69 Å². The molecular formula is C18H28N4O2. The van der Waals surface area contributed by atoms with E-state index in [2.05, 4.69) is 26.4 Å². The largest absolute Gasteiger partial charge is 0.381 e. The van der Waals surface area contributed by atoms with E-state index in [1.54, 1.807) is 0 Å². The zero-order valence-electron chi connectivity index (χ0n) is 14.6. The van der Waals surface area contributed by atoms with Crippen LogP contribution < -0.4 is 0 Å². The van der Waals surface area contributed by atoms with Crippen LogP contribution in [0.1, 0.15) is 37.9 Å². The van der Waals surface area contributed by atoms with E-state index in [0.717, 1.165) is 64.4 Å². The number of piperidine rings is 1. The van der Waals surface area contributed by atoms with Crippen molar-refractivity contribution in [1.29, 1.82) is 0 Å². The lowest BCUT2D eigenvalue weighted by Gasteiger charge is -2.41. The Bertz CT molecular complexity index is 581. The lowest BCUT2D eigenvalue weighted by molar-refractivity contribution is -0.139. The Morgan fingerprint density at radius 1 is 1.21 bits per heavy atom. The molecule has 3 fully saturated rings. The fourth-order valence-corrected chi connectivity index (χ4v) is 4.61. The molecule has 0 saturated carbocycles. The fourth-order valence-electron chi connectivity index (χ4n) is 4.61. The van der Waals surface area contributed by atoms with Crippen LogP contribution in [0.4, 0.5) is 0 Å². The summed E-state index contributed by atoms with van der Waals surface area (Å²) in [6.45, 7) is 4.60. The number of aromatic nitrogens is 2. The van der Waals surface area contributed by atoms with Crippen molar-refractivity contribution in [2.45, 2.75) is 50.7 Å². The van der Waals surface area contributed by atoms with E-state index >= 15 is 0 Å². The molecule has 1 amide bonds. The average Bonchev–Trinajstić information content (AvgIpc) is 3.19. The van der Waals surface area contributed by atoms with Crippen LogP contribution in [0.2, 0.25) is 0 Å². The third kappa shape index (κ3) is 3.09. The highest BCUT2D eigenvalue weighted by molar-refractivity contribution is 5.77. The van der Waals surface area contributed by atoms with Crippen molar-refractivity contribution in [3.8, 4) is 0 Å². The number of carbonyl (C=O) groups is 1. The molecule has 0 bridgehead atoms. The van der Waals surface area contributed by atoms with Crippen LogP contribution in [0.25, 0.3) is 0 Å². The second kappa shape index (κ2) is 6.84. The third-order valence-corrected chi connectivity index (χ3v) is 6.06. The number of likely N-dealkylation sites (tertiary alicyclic amines) is 2. The second-order valence-electron chi connectivity index (χ2n) is 7.49. The summed E-state index contributed by atoms with van der Waals surface area (Å²) in [7, 11) is 2.05. The van der Waals surface area contributed by atoms with Gasteiger partial charge in [-0.25, -0.2) is 4.98 Å². The van der Waals surface area contributed by atoms with Gasteiger partial charge in [0.2, 0.25) is 5.91 Å². The Kier molecular flexibility index (Phi) is 4.59. The second-order valence-corrected chi connectivity index (χ2v) is 7.49. The maximum absolute atomic E-state index is 12.5. The number of hydrogen-bond donors (Lipinski definition) is 0. The minimum absolute atomic E-state index is 0.363. The van der Waals surface area contributed by atoms with Crippen LogP contribution >= 0.6 is 0 Å². The molecule has 0 N–H and O–H groups in total. The summed E-state index contributed by atoms with van der Waals surface area (Å²) in [5.41, 5.74) is 0. The molecule has 0 spiro atoms. The van der Waals surface area contributed by atoms with E-state index in [-0.39, 0.29) is 0 Å². The van der Waals surface area contributed by atoms with E-state index in [9.17, 15) is 4.79 Å². The van der Waals surface area contributed by atoms with Crippen LogP contribution in [0.3, 0.4) is 0 Å². The summed E-state index contributed by atoms with van der Waals surface area (Å²) in [6.07, 6.45) is 8.86. The summed E-state index contributed by atoms with van der Waals surface area (Å²) < 4.78 is 7.57. The first kappa shape index (κ1) is 16.1. The molecule has 3 saturated heterocycles. The molecule has 3 aliphatic heterocycles. The van der Waals surface area contributed by atoms with Gasteiger partial charge >= 0.3 is 0 Å². The number of fused-ring (bicyclic) bond motifs is 1. The molecule has 3 aliphatic rings. The van der Waals surface area contributed by atoms with E-state index in [1.165, 1.54) is 0 Å². The van der Waals surface area contributed by atoms with Gasteiger partial charge in [-0.1, -0.05) is 0 Å². The van der Waals surface area contributed by atoms with Crippen molar-refractivity contribution < 1.29 is 9.53 Å². The van der Waals surface area contributed by atoms with Crippen molar-refractivity contribution in [3.63, 3.8) is 0 Å². The number of carbonyl (C=O) groups excluding carboxylic acids is 1. The molecule has 1 aromatic rings. The van der Waals surface area contributed by atoms with Gasteiger partial charge in [0, 0.05) is 64.2 Å². The van der Waals surface area contributed by atoms with E-state index in [4.69, 9.17) is 4.74 Å². The van der Waals surface area contributed by atoms with E-state index in [1.807, 2.05) is 12.4 Å². The first-order valence-electron chi connectivity index (χ1n) is 9.30. The molecule has 0 aromatic carbocycles. The van der Waals surface area contributed by atoms with Gasteiger partial charge < -0.3 is 14.2 Å². The van der Waals surface area contributed by atoms with Crippen molar-refractivity contribution in [2.75, 3.05) is 26.3 Å². The molecule has 6 heteroatoms. The standard InChI is InChI=1S/C18H28N4O2/c1-20-9-7-19-17(20)13-21-8-4-16-15(21)2-3-18(23)22(16)12-14-5-10-24-11-6-14/h7,9,14-16H,2-6,8,10-13H2,1H3/t15-,16-/m1/s1. The molecule has 0 unspecified atom stereocenters. The molecule has 4 rings (SSSR count). The smallest absolute Gasteiger partial charge is 0.222 e. The highest BCUT2D eigenvalue weighted by Gasteiger charge is 2.43. The molecule has 6 nitrogen and oxygen atoms in total. The monoisotopic (exact) mass is 332 g/mol. The van der Waals surface area contributed by atoms with Gasteiger partial charge in [0.1, 0.15) is 5.82 Å². The first-order valence-corrected chi connectivity index (χ1v) is 9.30. The Hall–Kier alpha value is -1.40. The van der Waals surface area contributed by atoms with Crippen molar-refractivity contribution >= 4 is 5.91 Å². The number of hydrogen-bond acceptors (Lipinski definition) is 4. The maximum Gasteiger partial charge on any atom is 0.222 e. The normalized spacial score (nSPS) is 29.2. The van der Waals surface area contributed by atoms with Crippen LogP contribution in [-0.2, 0) is 23.1 Å². The number of rotatable bonds is 4. The van der Waals surface area contributed by atoms with Gasteiger partial charge in [-0.05, 0) is 31.6 Å². The van der Waals surface area contributed by atoms with Crippen LogP contribution in [0.5, 0.6) is 0 Å². The van der Waals surface area contributed by atoms with Gasteiger partial charge in [0.25, 0.3) is 0 Å². The van der Waals surface area contributed by atoms with Gasteiger partial charge in [0.15, 0.2) is 0 Å². The molecule has 1 aromatic heterocycles. The predicted octanol–water partition coefficient (Wildman–Crippen LogP) is 1.41. The molecule has 4 heterocycles. The van der Waals surface area contributed by atoms with Crippen molar-refractivity contribution in [2.24, 2.45) is 13.0 Å². The topological polar surface area (TPSA) is 50.6 Å². The third-order valence-electron chi connectivity index (χ3n) is 6.06. The summed E-state index contributed by atoms with van der Waals surface area (Å²) >= 11 is 0. The minimum Gasteiger partial charge on any atom is -0.381 e. The number of ether oxygens (including phenoxy) is 1. The molecule has 24 heavy (non-hydrogen) atoms. The fraction of sp³-hybridized carbons (Fsp3) is 0.778. The van der Waals surface area contributed by atoms with Crippen LogP contribution in [0.15, 0.2) is 12.4 Å². The summed E-state index contributed by atoms with van der Waals surface area (Å²) in [4.78, 5) is 21.8. The van der Waals surface area contributed by atoms with Crippen LogP contribution in [-0.4, -0.2) is 63.6 Å². The first-order chi connectivity index (χ1) is 11.7. The number of amides is 1. The van der Waals surface area contributed by atoms with Crippen molar-refractivity contribution in [3.05, 3.63) is 18.2 Å². The Morgan fingerprint density at radius 2 is 2.04 bits per heavy atom.